The van der Waals surface area contributed by atoms with E-state index in [4.69, 9.17) is 28.1 Å². The van der Waals surface area contributed by atoms with Crippen LogP contribution >= 0.6 is 11.6 Å². The van der Waals surface area contributed by atoms with Gasteiger partial charge in [0.05, 0.1) is 55.7 Å². The number of halogens is 1. The maximum absolute atomic E-state index is 14.1. The Balaban J connectivity index is 0.000000197. The lowest BCUT2D eigenvalue weighted by molar-refractivity contribution is 0.207. The molecule has 74 heavy (non-hydrogen) atoms. The smallest absolute Gasteiger partial charge is 0.293 e. The summed E-state index contributed by atoms with van der Waals surface area (Å²) in [7, 11) is 1.50. The number of nitrogens with two attached hydrogens (primary N) is 2. The van der Waals surface area contributed by atoms with Gasteiger partial charge in [0.2, 0.25) is 5.95 Å². The Bertz CT molecular complexity index is 3580. The first-order chi connectivity index (χ1) is 35.6. The summed E-state index contributed by atoms with van der Waals surface area (Å²) < 4.78 is 6.95. The van der Waals surface area contributed by atoms with E-state index in [1.807, 2.05) is 68.1 Å². The number of nitriles is 1. The number of hydrogen-bond acceptors (Lipinski definition) is 14. The first kappa shape index (κ1) is 52.8. The molecule has 7 aromatic rings. The molecule has 386 valence electrons. The van der Waals surface area contributed by atoms with Crippen molar-refractivity contribution >= 4 is 50.7 Å². The number of rotatable bonds is 13. The average Bonchev–Trinajstić information content (AvgIpc) is 3.77. The van der Waals surface area contributed by atoms with Gasteiger partial charge in [0, 0.05) is 63.4 Å². The van der Waals surface area contributed by atoms with Crippen LogP contribution in [0.3, 0.4) is 0 Å². The second-order valence-electron chi connectivity index (χ2n) is 18.9. The largest absolute Gasteiger partial charge is 0.394 e. The lowest BCUT2D eigenvalue weighted by Crippen LogP contribution is -2.50. The maximum Gasteiger partial charge on any atom is 0.293 e. The van der Waals surface area contributed by atoms with Gasteiger partial charge in [0.25, 0.3) is 22.2 Å². The Morgan fingerprint density at radius 3 is 2.36 bits per heavy atom. The van der Waals surface area contributed by atoms with Crippen molar-refractivity contribution < 1.29 is 5.11 Å². The molecule has 6 heterocycles. The summed E-state index contributed by atoms with van der Waals surface area (Å²) in [4.78, 5) is 70.6. The minimum atomic E-state index is -0.486. The van der Waals surface area contributed by atoms with Gasteiger partial charge in [-0.3, -0.25) is 33.6 Å². The average molecular weight is 1020 g/mol. The molecule has 1 unspecified atom stereocenters. The molecule has 2 aliphatic heterocycles. The SMILES string of the molecule is CC#CCn1c(N2CCNCC2)nc2c(=O)n(CCO)n(Cc3nc(C)cc4cc(C)ccc34)c(=O)c21.Cc1ccccc1CN(CN1CCCC(N)C1)c1c(N)c(=O)n(C)n(Cc2cccc(Cl)c2C#N)c1=O. The van der Waals surface area contributed by atoms with E-state index in [2.05, 4.69) is 44.1 Å². The van der Waals surface area contributed by atoms with E-state index >= 15 is 0 Å². The number of likely N-dealkylation sites (tertiary alicyclic amines) is 1. The number of nitrogens with zero attached hydrogens (tertiary/aromatic N) is 11. The molecule has 2 fully saturated rings. The van der Waals surface area contributed by atoms with E-state index in [0.29, 0.717) is 50.1 Å². The number of anilines is 3. The number of nitrogen functional groups attached to an aromatic ring is 1. The summed E-state index contributed by atoms with van der Waals surface area (Å²) in [5.41, 5.74) is 16.8. The number of aliphatic hydroxyl groups excluding tert-OH is 1. The Morgan fingerprint density at radius 1 is 0.892 bits per heavy atom. The predicted molar refractivity (Wildman–Crippen MR) is 291 cm³/mol. The first-order valence-corrected chi connectivity index (χ1v) is 25.1. The number of imidazole rings is 1. The predicted octanol–water partition coefficient (Wildman–Crippen LogP) is 3.40. The zero-order chi connectivity index (χ0) is 52.8. The van der Waals surface area contributed by atoms with E-state index < -0.39 is 16.7 Å². The van der Waals surface area contributed by atoms with Crippen LogP contribution in [0.15, 0.2) is 85.9 Å². The molecule has 2 saturated heterocycles. The van der Waals surface area contributed by atoms with Gasteiger partial charge < -0.3 is 31.7 Å². The Labute approximate surface area is 433 Å². The summed E-state index contributed by atoms with van der Waals surface area (Å²) in [5.74, 6) is 6.49. The quantitative estimate of drug-likeness (QED) is 0.121. The van der Waals surface area contributed by atoms with Crippen LogP contribution in [0.5, 0.6) is 0 Å². The highest BCUT2D eigenvalue weighted by molar-refractivity contribution is 6.31. The monoisotopic (exact) mass is 1020 g/mol. The molecule has 0 radical (unpaired) electrons. The van der Waals surface area contributed by atoms with E-state index in [9.17, 15) is 29.5 Å². The normalized spacial score (nSPS) is 14.9. The highest BCUT2D eigenvalue weighted by Crippen LogP contribution is 2.25. The van der Waals surface area contributed by atoms with Gasteiger partial charge in [-0.25, -0.2) is 23.7 Å². The van der Waals surface area contributed by atoms with E-state index in [-0.39, 0.29) is 77.4 Å². The van der Waals surface area contributed by atoms with Crippen molar-refractivity contribution in [1.29, 1.82) is 5.26 Å². The fraction of sp³-hybridized carbons (Fsp3) is 0.389. The van der Waals surface area contributed by atoms with Gasteiger partial charge in [0.15, 0.2) is 5.52 Å². The third kappa shape index (κ3) is 11.0. The second-order valence-corrected chi connectivity index (χ2v) is 19.3. The molecule has 2 aliphatic rings. The number of aromatic nitrogens is 7. The van der Waals surface area contributed by atoms with E-state index in [0.717, 1.165) is 65.6 Å². The summed E-state index contributed by atoms with van der Waals surface area (Å²) >= 11 is 6.22. The lowest BCUT2D eigenvalue weighted by Gasteiger charge is -2.36. The highest BCUT2D eigenvalue weighted by Gasteiger charge is 2.28. The van der Waals surface area contributed by atoms with E-state index in [1.165, 1.54) is 25.8 Å². The van der Waals surface area contributed by atoms with Gasteiger partial charge in [-0.15, -0.1) is 5.92 Å². The molecule has 0 bridgehead atoms. The summed E-state index contributed by atoms with van der Waals surface area (Å²) in [6.07, 6.45) is 1.91. The van der Waals surface area contributed by atoms with Crippen molar-refractivity contribution in [2.24, 2.45) is 12.8 Å². The summed E-state index contributed by atoms with van der Waals surface area (Å²) in [6.45, 7) is 13.0. The molecular weight excluding hydrogens is 960 g/mol. The van der Waals surface area contributed by atoms with Gasteiger partial charge >= 0.3 is 0 Å². The van der Waals surface area contributed by atoms with Crippen molar-refractivity contribution in [1.82, 2.24) is 43.5 Å². The molecule has 4 aromatic heterocycles. The molecule has 0 spiro atoms. The van der Waals surface area contributed by atoms with Crippen LogP contribution in [0, 0.1) is 43.9 Å². The number of fused-ring (bicyclic) bond motifs is 2. The molecule has 9 rings (SSSR count). The molecule has 0 saturated carbocycles. The maximum atomic E-state index is 14.1. The zero-order valence-corrected chi connectivity index (χ0v) is 43.3. The number of piperazine rings is 1. The number of aliphatic hydroxyl groups is 1. The number of pyridine rings is 1. The molecule has 19 nitrogen and oxygen atoms in total. The molecule has 6 N–H and O–H groups in total. The Morgan fingerprint density at radius 2 is 1.65 bits per heavy atom. The third-order valence-corrected chi connectivity index (χ3v) is 14.0. The standard InChI is InChI=1S/C27H32ClN7O2.C27H31N7O3/c1-18-7-3-4-8-19(18)14-34(17-33-12-6-10-21(30)16-33)25-24(31)26(36)32(2)35(27(25)37)15-20-9-5-11-23(28)22(20)13-29;1-4-5-10-32-24-23(30-27(32)31-11-8-28-9-12-31)25(36)33(13-14-35)34(26(24)37)17-22-21-7-6-18(2)15-20(21)16-19(3)29-22/h3-5,7-9,11,21H,6,10,12,14-17,30-31H2,1-2H3;6-7,15-16,28,35H,8-14,17H2,1-3H3. The van der Waals surface area contributed by atoms with E-state index in [1.54, 1.807) is 29.7 Å². The Hall–Kier alpha value is -7.52. The fourth-order valence-electron chi connectivity index (χ4n) is 9.90. The lowest BCUT2D eigenvalue weighted by atomic mass is 10.1. The molecule has 0 aliphatic carbocycles. The second kappa shape index (κ2) is 23.1. The van der Waals surface area contributed by atoms with Crippen LogP contribution in [0.4, 0.5) is 17.3 Å². The van der Waals surface area contributed by atoms with Crippen molar-refractivity contribution in [3.63, 3.8) is 0 Å². The van der Waals surface area contributed by atoms with Crippen molar-refractivity contribution in [3.05, 3.63) is 152 Å². The number of hydrogen-bond donors (Lipinski definition) is 4. The van der Waals surface area contributed by atoms with Gasteiger partial charge in [-0.2, -0.15) is 5.26 Å². The molecule has 1 atom stereocenters. The number of aryl methyl sites for hydroxylation is 3. The fourth-order valence-corrected chi connectivity index (χ4v) is 10.1. The number of piperidine rings is 1. The summed E-state index contributed by atoms with van der Waals surface area (Å²) in [5, 5.41) is 24.9. The van der Waals surface area contributed by atoms with Crippen LogP contribution in [0.25, 0.3) is 21.8 Å². The van der Waals surface area contributed by atoms with Crippen LogP contribution in [-0.4, -0.2) is 102 Å². The molecule has 20 heteroatoms. The third-order valence-electron chi connectivity index (χ3n) is 13.7. The molecule has 0 amide bonds. The number of benzene rings is 3. The molecular formula is C54H63ClN14O5. The van der Waals surface area contributed by atoms with Gasteiger partial charge in [-0.05, 0) is 81.3 Å². The topological polar surface area (TPSA) is 237 Å². The first-order valence-electron chi connectivity index (χ1n) is 24.8. The summed E-state index contributed by atoms with van der Waals surface area (Å²) in [6, 6.07) is 23.2. The van der Waals surface area contributed by atoms with Gasteiger partial charge in [-0.1, -0.05) is 77.7 Å². The van der Waals surface area contributed by atoms with Crippen LogP contribution in [-0.2, 0) is 39.8 Å². The van der Waals surface area contributed by atoms with Crippen molar-refractivity contribution in [3.8, 4) is 17.9 Å². The van der Waals surface area contributed by atoms with Crippen LogP contribution in [0.2, 0.25) is 5.02 Å². The van der Waals surface area contributed by atoms with Crippen molar-refractivity contribution in [2.45, 2.75) is 79.3 Å². The number of nitrogens with one attached hydrogen (secondary N) is 1. The minimum Gasteiger partial charge on any atom is -0.394 e. The zero-order valence-electron chi connectivity index (χ0n) is 42.6. The van der Waals surface area contributed by atoms with Crippen molar-refractivity contribution in [2.75, 3.05) is 68.1 Å². The molecule has 3 aromatic carbocycles. The minimum absolute atomic E-state index is 0.00585. The Kier molecular flexibility index (Phi) is 16.5. The highest BCUT2D eigenvalue weighted by atomic mass is 35.5. The van der Waals surface area contributed by atoms with Crippen LogP contribution < -0.4 is 48.8 Å². The van der Waals surface area contributed by atoms with Gasteiger partial charge in [0.1, 0.15) is 23.0 Å². The van der Waals surface area contributed by atoms with Crippen LogP contribution in [0.1, 0.15) is 59.0 Å².